The number of benzene rings is 2. The minimum atomic E-state index is -5.04. The molecule has 0 amide bonds. The standard InChI is InChI=1S/C18H12BrF3N2O3S/c1-2-5-17(24)15-14(28(25,26)18(17,21)22)4-3-13(16(15)19)27-12-7-10(9-23)6-11(20)8-12/h2-4,6-8H,1,5,24H2. The Balaban J connectivity index is 2.20. The van der Waals surface area contributed by atoms with Gasteiger partial charge in [-0.3, -0.25) is 0 Å². The summed E-state index contributed by atoms with van der Waals surface area (Å²) in [5.74, 6) is -0.878. The fourth-order valence-electron chi connectivity index (χ4n) is 3.04. The zero-order valence-corrected chi connectivity index (χ0v) is 16.5. The number of hydrogen-bond acceptors (Lipinski definition) is 5. The van der Waals surface area contributed by atoms with E-state index in [0.29, 0.717) is 0 Å². The normalized spacial score (nSPS) is 21.6. The lowest BCUT2D eigenvalue weighted by atomic mass is 9.88. The Kier molecular flexibility index (Phi) is 4.82. The lowest BCUT2D eigenvalue weighted by Crippen LogP contribution is -2.51. The predicted octanol–water partition coefficient (Wildman–Crippen LogP) is 4.36. The maximum absolute atomic E-state index is 14.7. The summed E-state index contributed by atoms with van der Waals surface area (Å²) in [6, 6.07) is 7.09. The molecule has 1 unspecified atom stereocenters. The molecule has 2 aromatic rings. The molecule has 1 atom stereocenters. The van der Waals surface area contributed by atoms with E-state index < -0.39 is 37.8 Å². The minimum absolute atomic E-state index is 0.0128. The molecule has 2 N–H and O–H groups in total. The molecule has 0 aliphatic carbocycles. The Morgan fingerprint density at radius 3 is 2.61 bits per heavy atom. The summed E-state index contributed by atoms with van der Waals surface area (Å²) in [4.78, 5) is -0.627. The molecule has 2 aromatic carbocycles. The minimum Gasteiger partial charge on any atom is -0.456 e. The topological polar surface area (TPSA) is 93.2 Å². The van der Waals surface area contributed by atoms with Crippen LogP contribution in [0.5, 0.6) is 11.5 Å². The number of hydrogen-bond donors (Lipinski definition) is 1. The van der Waals surface area contributed by atoms with Gasteiger partial charge in [0.2, 0.25) is 9.84 Å². The molecule has 0 spiro atoms. The molecule has 0 aromatic heterocycles. The molecular weight excluding hydrogens is 461 g/mol. The number of alkyl halides is 2. The van der Waals surface area contributed by atoms with Gasteiger partial charge >= 0.3 is 5.25 Å². The molecule has 0 saturated carbocycles. The first-order chi connectivity index (χ1) is 13.0. The van der Waals surface area contributed by atoms with Crippen LogP contribution in [0.2, 0.25) is 0 Å². The number of nitrogens with two attached hydrogens (primary N) is 1. The zero-order valence-electron chi connectivity index (χ0n) is 14.0. The highest BCUT2D eigenvalue weighted by molar-refractivity contribution is 9.10. The summed E-state index contributed by atoms with van der Waals surface area (Å²) in [6.07, 6.45) is 0.580. The summed E-state index contributed by atoms with van der Waals surface area (Å²) in [6.45, 7) is 3.38. The summed E-state index contributed by atoms with van der Waals surface area (Å²) in [5, 5.41) is 4.65. The van der Waals surface area contributed by atoms with E-state index in [9.17, 15) is 21.6 Å². The maximum atomic E-state index is 14.7. The third kappa shape index (κ3) is 2.73. The Labute approximate surface area is 167 Å². The van der Waals surface area contributed by atoms with Crippen molar-refractivity contribution < 1.29 is 26.3 Å². The van der Waals surface area contributed by atoms with Gasteiger partial charge < -0.3 is 10.5 Å². The summed E-state index contributed by atoms with van der Waals surface area (Å²) < 4.78 is 73.1. The molecular formula is C18H12BrF3N2O3S. The van der Waals surface area contributed by atoms with Gasteiger partial charge in [-0.2, -0.15) is 14.0 Å². The molecule has 5 nitrogen and oxygen atoms in total. The van der Waals surface area contributed by atoms with Crippen molar-refractivity contribution in [3.05, 3.63) is 64.4 Å². The number of rotatable bonds is 4. The van der Waals surface area contributed by atoms with Crippen molar-refractivity contribution in [1.82, 2.24) is 0 Å². The highest BCUT2D eigenvalue weighted by atomic mass is 79.9. The van der Waals surface area contributed by atoms with Gasteiger partial charge in [-0.25, -0.2) is 12.8 Å². The van der Waals surface area contributed by atoms with E-state index in [1.165, 1.54) is 6.07 Å². The molecule has 0 fully saturated rings. The average molecular weight is 473 g/mol. The highest BCUT2D eigenvalue weighted by Crippen LogP contribution is 2.57. The van der Waals surface area contributed by atoms with Crippen LogP contribution in [-0.4, -0.2) is 13.7 Å². The van der Waals surface area contributed by atoms with Crippen molar-refractivity contribution in [1.29, 1.82) is 5.26 Å². The van der Waals surface area contributed by atoms with Gasteiger partial charge in [-0.1, -0.05) is 6.08 Å². The van der Waals surface area contributed by atoms with E-state index in [-0.39, 0.29) is 27.1 Å². The zero-order chi connectivity index (χ0) is 20.9. The molecule has 28 heavy (non-hydrogen) atoms. The lowest BCUT2D eigenvalue weighted by molar-refractivity contribution is 0.0107. The second-order valence-corrected chi connectivity index (χ2v) is 8.88. The summed E-state index contributed by atoms with van der Waals surface area (Å²) in [5.41, 5.74) is 2.94. The van der Waals surface area contributed by atoms with E-state index in [0.717, 1.165) is 30.3 Å². The van der Waals surface area contributed by atoms with Crippen LogP contribution in [0.25, 0.3) is 0 Å². The van der Waals surface area contributed by atoms with Crippen molar-refractivity contribution in [2.75, 3.05) is 0 Å². The lowest BCUT2D eigenvalue weighted by Gasteiger charge is -2.30. The van der Waals surface area contributed by atoms with Crippen LogP contribution in [0.15, 0.2) is 52.4 Å². The van der Waals surface area contributed by atoms with E-state index in [1.807, 2.05) is 0 Å². The van der Waals surface area contributed by atoms with Crippen molar-refractivity contribution in [2.24, 2.45) is 5.73 Å². The molecule has 1 aliphatic rings. The van der Waals surface area contributed by atoms with Gasteiger partial charge in [0.1, 0.15) is 22.9 Å². The smallest absolute Gasteiger partial charge is 0.371 e. The predicted molar refractivity (Wildman–Crippen MR) is 98.1 cm³/mol. The number of nitrogens with zero attached hydrogens (tertiary/aromatic N) is 1. The van der Waals surface area contributed by atoms with Gasteiger partial charge in [-0.15, -0.1) is 6.58 Å². The number of sulfone groups is 1. The largest absolute Gasteiger partial charge is 0.456 e. The van der Waals surface area contributed by atoms with Crippen molar-refractivity contribution in [2.45, 2.75) is 22.1 Å². The van der Waals surface area contributed by atoms with Gasteiger partial charge in [0, 0.05) is 11.6 Å². The first-order valence-corrected chi connectivity index (χ1v) is 10.0. The average Bonchev–Trinajstić information content (AvgIpc) is 2.73. The molecule has 0 saturated heterocycles. The molecule has 1 aliphatic heterocycles. The van der Waals surface area contributed by atoms with Crippen LogP contribution in [-0.2, 0) is 15.4 Å². The van der Waals surface area contributed by atoms with E-state index in [2.05, 4.69) is 22.5 Å². The summed E-state index contributed by atoms with van der Waals surface area (Å²) >= 11 is 3.10. The second kappa shape index (κ2) is 6.62. The van der Waals surface area contributed by atoms with E-state index in [4.69, 9.17) is 15.7 Å². The van der Waals surface area contributed by atoms with Crippen LogP contribution in [0, 0.1) is 17.1 Å². The molecule has 3 rings (SSSR count). The van der Waals surface area contributed by atoms with Crippen molar-refractivity contribution in [3.8, 4) is 17.6 Å². The Morgan fingerprint density at radius 2 is 2.00 bits per heavy atom. The van der Waals surface area contributed by atoms with Gasteiger partial charge in [0.05, 0.1) is 21.0 Å². The Bertz CT molecular complexity index is 1150. The number of halogens is 4. The van der Waals surface area contributed by atoms with E-state index in [1.54, 1.807) is 6.07 Å². The van der Waals surface area contributed by atoms with Crippen LogP contribution >= 0.6 is 15.9 Å². The summed E-state index contributed by atoms with van der Waals surface area (Å²) in [7, 11) is -5.04. The Hall–Kier alpha value is -2.35. The first kappa shape index (κ1) is 20.4. The van der Waals surface area contributed by atoms with Crippen LogP contribution in [0.1, 0.15) is 17.5 Å². The fraction of sp³-hybridized carbons (Fsp3) is 0.167. The van der Waals surface area contributed by atoms with Gasteiger partial charge in [-0.05, 0) is 46.6 Å². The maximum Gasteiger partial charge on any atom is 0.371 e. The number of fused-ring (bicyclic) bond motifs is 1. The van der Waals surface area contributed by atoms with E-state index >= 15 is 0 Å². The number of nitriles is 1. The van der Waals surface area contributed by atoms with Crippen LogP contribution < -0.4 is 10.5 Å². The third-order valence-electron chi connectivity index (χ3n) is 4.36. The first-order valence-electron chi connectivity index (χ1n) is 7.73. The molecule has 1 heterocycles. The molecule has 10 heteroatoms. The van der Waals surface area contributed by atoms with Crippen molar-refractivity contribution in [3.63, 3.8) is 0 Å². The second-order valence-electron chi connectivity index (χ2n) is 6.12. The molecule has 0 radical (unpaired) electrons. The fourth-order valence-corrected chi connectivity index (χ4v) is 5.70. The quantitative estimate of drug-likeness (QED) is 0.667. The molecule has 146 valence electrons. The third-order valence-corrected chi connectivity index (χ3v) is 7.10. The van der Waals surface area contributed by atoms with Gasteiger partial charge in [0.15, 0.2) is 0 Å². The van der Waals surface area contributed by atoms with Gasteiger partial charge in [0.25, 0.3) is 0 Å². The SMILES string of the molecule is C=CCC1(N)c2c(ccc(Oc3cc(F)cc(C#N)c3)c2Br)S(=O)(=O)C1(F)F. The monoisotopic (exact) mass is 472 g/mol. The number of ether oxygens (including phenoxy) is 1. The van der Waals surface area contributed by atoms with Crippen LogP contribution in [0.3, 0.4) is 0 Å². The Morgan fingerprint density at radius 1 is 1.32 bits per heavy atom. The highest BCUT2D eigenvalue weighted by Gasteiger charge is 2.69. The molecule has 0 bridgehead atoms. The van der Waals surface area contributed by atoms with Crippen molar-refractivity contribution >= 4 is 25.8 Å². The van der Waals surface area contributed by atoms with Crippen LogP contribution in [0.4, 0.5) is 13.2 Å².